The highest BCUT2D eigenvalue weighted by atomic mass is 33.1. The lowest BCUT2D eigenvalue weighted by Gasteiger charge is -2.34. The highest BCUT2D eigenvalue weighted by Crippen LogP contribution is 2.62. The molecule has 16 heterocycles. The number of fused-ring (bicyclic) bond motifs is 8. The van der Waals surface area contributed by atoms with Crippen LogP contribution >= 0.6 is 95.7 Å². The molecule has 132 heavy (non-hydrogen) atoms. The van der Waals surface area contributed by atoms with Crippen molar-refractivity contribution in [2.24, 2.45) is 0 Å². The number of carbonyl (C=O) groups is 1. The molecule has 46 nitrogen and oxygen atoms in total. The summed E-state index contributed by atoms with van der Waals surface area (Å²) in [6, 6.07) is 0. The van der Waals surface area contributed by atoms with E-state index in [0.29, 0.717) is 65.6 Å². The molecule has 8 aromatic heterocycles. The van der Waals surface area contributed by atoms with Gasteiger partial charge in [0.15, 0.2) is 92.2 Å². The lowest BCUT2D eigenvalue weighted by Crippen LogP contribution is -2.46. The number of rotatable bonds is 29. The largest absolute Gasteiger partial charge is 0.479 e. The highest BCUT2D eigenvalue weighted by molar-refractivity contribution is 8.77. The van der Waals surface area contributed by atoms with Crippen LogP contribution in [0.4, 0.5) is 41.4 Å². The standard InChI is InChI=1S/C18H26FN6O7P.3C18H28FN6O5PS2/c1-4-28-11(26)6-7-22-33(27)30-8-10-13(32-33)18(3,19)16(31-10)25-9-21-12-14(25)23-17(20)24-15(12)29-5-2;3*1-17(2,3)33-32-7-6-22-31(26)28-8-10-12(30-31)18(4,19)15(29-10)25-9-21-11-13(25)23-16(20)24-14(11)27-5/h9-10,13,16H,4-8H2,1-3H3,(H,22,27)(H2,20,23,24);3*9-10,12,15H,6-8H2,1-5H3,(H,22,26)(H2,20,23,24)/t10-,13-,16-,18-,33?;10-,12-,15-,18-,31?;10-,12-,15-,18-,31+;10-,12-,15-,18-,31-/m1111/s1. The van der Waals surface area contributed by atoms with E-state index in [9.17, 15) is 23.1 Å². The fraction of sp³-hybridized carbons (Fsp3) is 0.708. The topological polar surface area (TPSA) is 569 Å². The minimum Gasteiger partial charge on any atom is -0.479 e. The second-order valence-electron chi connectivity index (χ2n) is 34.1. The van der Waals surface area contributed by atoms with Crippen LogP contribution in [0.25, 0.3) is 44.7 Å². The normalized spacial score (nSPS) is 32.0. The van der Waals surface area contributed by atoms with Crippen LogP contribution in [-0.2, 0) is 82.9 Å². The first-order valence-electron chi connectivity index (χ1n) is 41.4. The molecular formula is C72H110F4N24O22P4S6. The van der Waals surface area contributed by atoms with E-state index in [4.69, 9.17) is 102 Å². The molecule has 0 aliphatic carbocycles. The van der Waals surface area contributed by atoms with Gasteiger partial charge in [-0.1, -0.05) is 127 Å². The SMILES string of the molecule is CCOC(=O)CCNP1(=O)OC[C@H]2O[C@@H](n3cnc4c(OCC)nc(N)nc43)[C@](C)(F)[C@@H]2O1.COc1nc(N)nc2c1ncn2[C@@H]1O[C@@H]2COP(=O)(NCCSSC(C)(C)C)O[C@H]2[C@@]1(C)F.COc1nc(N)nc2c1ncn2[C@@H]1O[C@@H]2CO[P@@](=O)(NCCSSC(C)(C)C)O[C@H]2[C@@]1(C)F.COc1nc(N)nc2c1ncn2[C@@H]1O[C@@H]2CO[P@](=O)(NCCSSC(C)(C)C)O[C@H]2[C@@]1(C)F. The van der Waals surface area contributed by atoms with Gasteiger partial charge < -0.3 is 65.6 Å². The van der Waals surface area contributed by atoms with Crippen LogP contribution in [0.15, 0.2) is 25.3 Å². The van der Waals surface area contributed by atoms with Crippen LogP contribution in [0.1, 0.15) is 135 Å². The zero-order chi connectivity index (χ0) is 95.9. The number of ether oxygens (including phenoxy) is 9. The molecule has 8 fully saturated rings. The molecule has 0 saturated carbocycles. The predicted octanol–water partition coefficient (Wildman–Crippen LogP) is 11.5. The maximum absolute atomic E-state index is 16.1. The number of esters is 1. The maximum atomic E-state index is 16.1. The van der Waals surface area contributed by atoms with Gasteiger partial charge in [-0.3, -0.25) is 59.3 Å². The Morgan fingerprint density at radius 2 is 0.674 bits per heavy atom. The van der Waals surface area contributed by atoms with Crippen LogP contribution in [0.5, 0.6) is 23.5 Å². The molecule has 0 spiro atoms. The third-order valence-electron chi connectivity index (χ3n) is 20.2. The predicted molar refractivity (Wildman–Crippen MR) is 490 cm³/mol. The van der Waals surface area contributed by atoms with Gasteiger partial charge in [-0.15, -0.1) is 0 Å². The molecule has 8 saturated heterocycles. The van der Waals surface area contributed by atoms with Crippen molar-refractivity contribution in [1.82, 2.24) is 98.4 Å². The van der Waals surface area contributed by atoms with Gasteiger partial charge in [0.2, 0.25) is 47.3 Å². The average Bonchev–Trinajstić information content (AvgIpc) is 1.59. The van der Waals surface area contributed by atoms with E-state index in [1.54, 1.807) is 78.6 Å². The van der Waals surface area contributed by atoms with E-state index in [1.807, 2.05) is 0 Å². The number of nitrogens with one attached hydrogen (secondary N) is 4. The Hall–Kier alpha value is -5.83. The molecule has 12 N–H and O–H groups in total. The molecule has 0 radical (unpaired) electrons. The molecule has 60 heteroatoms. The van der Waals surface area contributed by atoms with E-state index >= 15 is 17.6 Å². The number of halogens is 4. The summed E-state index contributed by atoms with van der Waals surface area (Å²) in [5.41, 5.74) is 17.0. The molecule has 2 unspecified atom stereocenters. The smallest absolute Gasteiger partial charge is 0.406 e. The lowest BCUT2D eigenvalue weighted by atomic mass is 9.98. The number of nitrogens with two attached hydrogens (primary N) is 4. The number of nitrogen functional groups attached to an aromatic ring is 4. The number of alkyl halides is 4. The van der Waals surface area contributed by atoms with Crippen molar-refractivity contribution in [3.8, 4) is 23.5 Å². The van der Waals surface area contributed by atoms with Gasteiger partial charge >= 0.3 is 37.0 Å². The number of carbonyl (C=O) groups excluding carboxylic acids is 1. The third-order valence-corrected chi connectivity index (χ3v) is 36.6. The van der Waals surface area contributed by atoms with Crippen molar-refractivity contribution in [3.05, 3.63) is 25.3 Å². The number of hydrogen-bond donors (Lipinski definition) is 8. The first-order chi connectivity index (χ1) is 62.0. The van der Waals surface area contributed by atoms with Crippen molar-refractivity contribution in [3.63, 3.8) is 0 Å². The Kier molecular flexibility index (Phi) is 32.4. The van der Waals surface area contributed by atoms with Crippen molar-refractivity contribution in [2.45, 2.75) is 221 Å². The number of aromatic nitrogens is 16. The van der Waals surface area contributed by atoms with Crippen LogP contribution < -0.4 is 62.2 Å². The van der Waals surface area contributed by atoms with Crippen LogP contribution in [-0.4, -0.2) is 274 Å². The fourth-order valence-corrected chi connectivity index (χ4v) is 28.0. The second kappa shape index (κ2) is 41.3. The summed E-state index contributed by atoms with van der Waals surface area (Å²) < 4.78 is 216. The number of hydrogen-bond acceptors (Lipinski definition) is 44. The molecule has 8 aromatic rings. The third kappa shape index (κ3) is 23.5. The number of imidazole rings is 4. The summed E-state index contributed by atoms with van der Waals surface area (Å²) in [6.45, 7) is 29.1. The van der Waals surface area contributed by atoms with Gasteiger partial charge in [0, 0.05) is 57.7 Å². The van der Waals surface area contributed by atoms with E-state index in [2.05, 4.69) is 142 Å². The Bertz CT molecular complexity index is 5220. The summed E-state index contributed by atoms with van der Waals surface area (Å²) in [5, 5.41) is 11.0. The molecular weight excluding hydrogens is 1950 g/mol. The first-order valence-corrected chi connectivity index (χ1v) is 54.5. The summed E-state index contributed by atoms with van der Waals surface area (Å²) in [6.07, 6.45) is -7.00. The van der Waals surface area contributed by atoms with Crippen LogP contribution in [0, 0.1) is 0 Å². The van der Waals surface area contributed by atoms with E-state index < -0.39 is 133 Å². The average molecular weight is 2060 g/mol. The summed E-state index contributed by atoms with van der Waals surface area (Å²) >= 11 is 0. The van der Waals surface area contributed by atoms with Gasteiger partial charge in [-0.2, -0.15) is 39.9 Å². The Morgan fingerprint density at radius 3 is 0.917 bits per heavy atom. The second-order valence-corrected chi connectivity index (χ2v) is 51.0. The minimum absolute atomic E-state index is 0.0245. The quantitative estimate of drug-likeness (QED) is 0.00709. The van der Waals surface area contributed by atoms with E-state index in [0.717, 1.165) is 0 Å². The van der Waals surface area contributed by atoms with Gasteiger partial charge in [-0.25, -0.2) is 76.1 Å². The molecule has 0 bridgehead atoms. The number of anilines is 4. The van der Waals surface area contributed by atoms with E-state index in [1.165, 1.54) is 92.6 Å². The fourth-order valence-electron chi connectivity index (χ4n) is 14.6. The first kappa shape index (κ1) is 104. The van der Waals surface area contributed by atoms with Crippen molar-refractivity contribution in [1.29, 1.82) is 0 Å². The highest BCUT2D eigenvalue weighted by Gasteiger charge is 2.66. The molecule has 20 atom stereocenters. The molecule has 8 aliphatic rings. The Labute approximate surface area is 780 Å². The zero-order valence-electron chi connectivity index (χ0n) is 75.3. The van der Waals surface area contributed by atoms with Crippen molar-refractivity contribution >= 4 is 170 Å². The molecule has 8 aliphatic heterocycles. The molecule has 734 valence electrons. The summed E-state index contributed by atoms with van der Waals surface area (Å²) in [4.78, 5) is 61.1. The van der Waals surface area contributed by atoms with Crippen LogP contribution in [0.2, 0.25) is 0 Å². The van der Waals surface area contributed by atoms with Gasteiger partial charge in [0.25, 0.3) is 0 Å². The summed E-state index contributed by atoms with van der Waals surface area (Å²) in [7, 11) is -0.570. The Balaban J connectivity index is 0.000000150. The van der Waals surface area contributed by atoms with Gasteiger partial charge in [-0.05, 0) is 41.5 Å². The van der Waals surface area contributed by atoms with Gasteiger partial charge in [0.1, 0.15) is 48.8 Å². The number of nitrogens with zero attached hydrogens (tertiary/aromatic N) is 16. The monoisotopic (exact) mass is 2050 g/mol. The zero-order valence-corrected chi connectivity index (χ0v) is 83.8. The minimum atomic E-state index is -3.88. The van der Waals surface area contributed by atoms with E-state index in [-0.39, 0.29) is 130 Å². The van der Waals surface area contributed by atoms with Crippen LogP contribution in [0.3, 0.4) is 0 Å². The lowest BCUT2D eigenvalue weighted by molar-refractivity contribution is -0.142. The maximum Gasteiger partial charge on any atom is 0.406 e. The molecule has 0 aromatic carbocycles. The molecule has 16 rings (SSSR count). The number of methoxy groups -OCH3 is 3. The Morgan fingerprint density at radius 1 is 0.424 bits per heavy atom. The molecule has 0 amide bonds. The van der Waals surface area contributed by atoms with Crippen molar-refractivity contribution in [2.75, 3.05) is 127 Å². The summed E-state index contributed by atoms with van der Waals surface area (Å²) in [5.74, 6) is 2.05. The van der Waals surface area contributed by atoms with Gasteiger partial charge in [0.05, 0.1) is 92.7 Å². The van der Waals surface area contributed by atoms with Crippen molar-refractivity contribution < 1.29 is 119 Å².